The third-order valence-electron chi connectivity index (χ3n) is 7.37. The Balaban J connectivity index is 0.00000506. The van der Waals surface area contributed by atoms with Crippen LogP contribution in [0.3, 0.4) is 0 Å². The molecule has 4 rings (SSSR count). The van der Waals surface area contributed by atoms with Crippen LogP contribution in [0.2, 0.25) is 0 Å². The average molecular weight is 628 g/mol. The number of piperidine rings is 1. The van der Waals surface area contributed by atoms with E-state index in [-0.39, 0.29) is 59.0 Å². The van der Waals surface area contributed by atoms with E-state index >= 15 is 0 Å². The SMILES string of the molecule is COc1cc(OC)c(C(=O)CCCCN2CCC3(CC2)NC(=O)NC3=O)cc1NC(=O)Nc1cccc(C(F)(F)F)c1.Cl. The molecule has 0 unspecified atom stereocenters. The first kappa shape index (κ1) is 33.5. The largest absolute Gasteiger partial charge is 0.496 e. The Morgan fingerprint density at radius 2 is 1.70 bits per heavy atom. The number of imide groups is 1. The molecule has 0 aromatic heterocycles. The van der Waals surface area contributed by atoms with Crippen molar-refractivity contribution in [2.75, 3.05) is 44.5 Å². The maximum absolute atomic E-state index is 13.1. The van der Waals surface area contributed by atoms with E-state index in [1.54, 1.807) is 0 Å². The Morgan fingerprint density at radius 3 is 2.30 bits per heavy atom. The van der Waals surface area contributed by atoms with Gasteiger partial charge in [0, 0.05) is 31.3 Å². The monoisotopic (exact) mass is 627 g/mol. The molecule has 4 N–H and O–H groups in total. The number of alkyl halides is 3. The highest BCUT2D eigenvalue weighted by Crippen LogP contribution is 2.35. The van der Waals surface area contributed by atoms with Gasteiger partial charge in [0.1, 0.15) is 17.0 Å². The minimum Gasteiger partial charge on any atom is -0.496 e. The number of halogens is 4. The number of benzene rings is 2. The number of rotatable bonds is 10. The fraction of sp³-hybridized carbons (Fsp3) is 0.429. The minimum absolute atomic E-state index is 0. The fourth-order valence-electron chi connectivity index (χ4n) is 5.07. The topological polar surface area (TPSA) is 138 Å². The van der Waals surface area contributed by atoms with Crippen LogP contribution in [0.15, 0.2) is 36.4 Å². The van der Waals surface area contributed by atoms with Crippen LogP contribution in [0, 0.1) is 0 Å². The number of ketones is 1. The molecule has 11 nitrogen and oxygen atoms in total. The minimum atomic E-state index is -4.56. The Hall–Kier alpha value is -4.04. The molecule has 43 heavy (non-hydrogen) atoms. The molecule has 2 heterocycles. The predicted octanol–water partition coefficient (Wildman–Crippen LogP) is 4.82. The van der Waals surface area contributed by atoms with Gasteiger partial charge in [-0.3, -0.25) is 14.9 Å². The van der Waals surface area contributed by atoms with Crippen molar-refractivity contribution in [3.05, 3.63) is 47.5 Å². The highest BCUT2D eigenvalue weighted by Gasteiger charge is 2.47. The van der Waals surface area contributed by atoms with Crippen LogP contribution in [0.5, 0.6) is 11.5 Å². The molecule has 2 aromatic rings. The van der Waals surface area contributed by atoms with E-state index in [2.05, 4.69) is 26.2 Å². The van der Waals surface area contributed by atoms with Crippen molar-refractivity contribution in [2.45, 2.75) is 43.8 Å². The van der Waals surface area contributed by atoms with Gasteiger partial charge in [-0.1, -0.05) is 6.07 Å². The first-order valence-corrected chi connectivity index (χ1v) is 13.3. The van der Waals surface area contributed by atoms with E-state index in [1.807, 2.05) is 0 Å². The maximum Gasteiger partial charge on any atom is 0.416 e. The van der Waals surface area contributed by atoms with Gasteiger partial charge in [0.15, 0.2) is 5.78 Å². The standard InChI is InChI=1S/C28H32F3N5O6.ClH/c1-41-22-16-23(42-2)20(33-25(39)32-18-7-5-6-17(14-18)28(29,30)31)15-19(22)21(37)8-3-4-11-36-12-9-27(10-13-36)24(38)34-26(40)35-27;/h5-7,14-16H,3-4,8-13H2,1-2H3,(H2,32,33,39)(H2,34,35,38,40);1H. The number of likely N-dealkylation sites (tertiary alicyclic amines) is 1. The summed E-state index contributed by atoms with van der Waals surface area (Å²) in [4.78, 5) is 51.5. The number of Topliss-reactive ketones (excluding diaryl/α,β-unsaturated/α-hetero) is 1. The molecule has 15 heteroatoms. The lowest BCUT2D eigenvalue weighted by molar-refractivity contribution is -0.137. The molecule has 2 aromatic carbocycles. The van der Waals surface area contributed by atoms with Crippen molar-refractivity contribution >= 4 is 47.5 Å². The molecule has 2 aliphatic rings. The van der Waals surface area contributed by atoms with E-state index < -0.39 is 29.3 Å². The van der Waals surface area contributed by atoms with Gasteiger partial charge in [0.05, 0.1) is 31.0 Å². The van der Waals surface area contributed by atoms with Crippen molar-refractivity contribution in [1.29, 1.82) is 0 Å². The van der Waals surface area contributed by atoms with Crippen molar-refractivity contribution in [1.82, 2.24) is 15.5 Å². The zero-order valence-electron chi connectivity index (χ0n) is 23.6. The number of amides is 5. The van der Waals surface area contributed by atoms with Crippen molar-refractivity contribution in [3.63, 3.8) is 0 Å². The second-order valence-electron chi connectivity index (χ2n) is 10.1. The van der Waals surface area contributed by atoms with Gasteiger partial charge in [-0.05, 0) is 56.5 Å². The molecule has 0 bridgehead atoms. The summed E-state index contributed by atoms with van der Waals surface area (Å²) in [5, 5.41) is 9.91. The van der Waals surface area contributed by atoms with Crippen molar-refractivity contribution < 1.29 is 41.8 Å². The summed E-state index contributed by atoms with van der Waals surface area (Å²) in [6.45, 7) is 2.01. The Labute approximate surface area is 252 Å². The molecule has 0 radical (unpaired) electrons. The number of hydrogen-bond acceptors (Lipinski definition) is 7. The lowest BCUT2D eigenvalue weighted by Gasteiger charge is -2.36. The average Bonchev–Trinajstić information content (AvgIpc) is 3.22. The lowest BCUT2D eigenvalue weighted by Crippen LogP contribution is -2.54. The van der Waals surface area contributed by atoms with Gasteiger partial charge < -0.3 is 30.3 Å². The van der Waals surface area contributed by atoms with Crippen molar-refractivity contribution in [2.24, 2.45) is 0 Å². The van der Waals surface area contributed by atoms with Crippen LogP contribution in [-0.4, -0.2) is 68.0 Å². The number of nitrogens with one attached hydrogen (secondary N) is 4. The Bertz CT molecular complexity index is 1360. The number of carbonyl (C=O) groups excluding carboxylic acids is 4. The quantitative estimate of drug-likeness (QED) is 0.168. The zero-order chi connectivity index (χ0) is 30.5. The fourth-order valence-corrected chi connectivity index (χ4v) is 5.07. The number of carbonyl (C=O) groups is 4. The van der Waals surface area contributed by atoms with Gasteiger partial charge in [0.25, 0.3) is 5.91 Å². The summed E-state index contributed by atoms with van der Waals surface area (Å²) in [5.74, 6) is -0.0662. The maximum atomic E-state index is 13.1. The van der Waals surface area contributed by atoms with Crippen LogP contribution in [0.25, 0.3) is 0 Å². The molecule has 5 amide bonds. The molecular weight excluding hydrogens is 595 g/mol. The van der Waals surface area contributed by atoms with Gasteiger partial charge in [-0.15, -0.1) is 12.4 Å². The summed E-state index contributed by atoms with van der Waals surface area (Å²) in [5.41, 5.74) is -1.45. The third kappa shape index (κ3) is 8.08. The van der Waals surface area contributed by atoms with Gasteiger partial charge in [0.2, 0.25) is 0 Å². The molecule has 0 saturated carbocycles. The van der Waals surface area contributed by atoms with Gasteiger partial charge in [-0.25, -0.2) is 9.59 Å². The normalized spacial score (nSPS) is 16.1. The Kier molecular flexibility index (Phi) is 10.9. The molecule has 2 saturated heterocycles. The van der Waals surface area contributed by atoms with E-state index in [1.165, 1.54) is 38.5 Å². The zero-order valence-corrected chi connectivity index (χ0v) is 24.4. The summed E-state index contributed by atoms with van der Waals surface area (Å²) in [6, 6.07) is 5.78. The van der Waals surface area contributed by atoms with E-state index in [0.29, 0.717) is 32.4 Å². The number of hydrogen-bond donors (Lipinski definition) is 4. The van der Waals surface area contributed by atoms with Gasteiger partial charge >= 0.3 is 18.2 Å². The number of urea groups is 2. The smallest absolute Gasteiger partial charge is 0.416 e. The molecule has 234 valence electrons. The first-order chi connectivity index (χ1) is 19.9. The number of anilines is 2. The highest BCUT2D eigenvalue weighted by atomic mass is 35.5. The second-order valence-corrected chi connectivity index (χ2v) is 10.1. The first-order valence-electron chi connectivity index (χ1n) is 13.3. The number of unbranched alkanes of at least 4 members (excludes halogenated alkanes) is 1. The molecule has 1 spiro atoms. The number of methoxy groups -OCH3 is 2. The molecule has 0 aliphatic carbocycles. The van der Waals surface area contributed by atoms with Crippen LogP contribution in [0.4, 0.5) is 34.1 Å². The molecule has 2 fully saturated rings. The summed E-state index contributed by atoms with van der Waals surface area (Å²) in [7, 11) is 2.76. The van der Waals surface area contributed by atoms with E-state index in [9.17, 15) is 32.3 Å². The van der Waals surface area contributed by atoms with Crippen LogP contribution in [0.1, 0.15) is 48.0 Å². The molecule has 0 atom stereocenters. The highest BCUT2D eigenvalue weighted by molar-refractivity contribution is 6.07. The van der Waals surface area contributed by atoms with E-state index in [0.717, 1.165) is 25.1 Å². The summed E-state index contributed by atoms with van der Waals surface area (Å²) in [6.07, 6.45) is -2.03. The summed E-state index contributed by atoms with van der Waals surface area (Å²) < 4.78 is 49.7. The van der Waals surface area contributed by atoms with Gasteiger partial charge in [-0.2, -0.15) is 13.2 Å². The number of nitrogens with zero attached hydrogens (tertiary/aromatic N) is 1. The van der Waals surface area contributed by atoms with Crippen LogP contribution >= 0.6 is 12.4 Å². The van der Waals surface area contributed by atoms with Crippen molar-refractivity contribution in [3.8, 4) is 11.5 Å². The lowest BCUT2D eigenvalue weighted by atomic mass is 9.87. The second kappa shape index (κ2) is 14.0. The number of ether oxygens (including phenoxy) is 2. The van der Waals surface area contributed by atoms with Crippen LogP contribution < -0.4 is 30.7 Å². The molecular formula is C28H33ClF3N5O6. The van der Waals surface area contributed by atoms with Crippen LogP contribution in [-0.2, 0) is 11.0 Å². The third-order valence-corrected chi connectivity index (χ3v) is 7.37. The Morgan fingerprint density at radius 1 is 1.00 bits per heavy atom. The predicted molar refractivity (Wildman–Crippen MR) is 154 cm³/mol. The van der Waals surface area contributed by atoms with E-state index in [4.69, 9.17) is 9.47 Å². The molecule has 2 aliphatic heterocycles. The summed E-state index contributed by atoms with van der Waals surface area (Å²) >= 11 is 0.